The third-order valence-electron chi connectivity index (χ3n) is 3.49. The van der Waals surface area contributed by atoms with Crippen LogP contribution in [0.4, 0.5) is 0 Å². The zero-order valence-corrected chi connectivity index (χ0v) is 12.4. The molecule has 1 aliphatic heterocycles. The molecule has 5 nitrogen and oxygen atoms in total. The monoisotopic (exact) mass is 306 g/mol. The highest BCUT2D eigenvalue weighted by atomic mass is 35.5. The van der Waals surface area contributed by atoms with Gasteiger partial charge in [0.25, 0.3) is 5.91 Å². The number of nitrogens with zero attached hydrogens (tertiary/aromatic N) is 2. The normalized spacial score (nSPS) is 15.2. The van der Waals surface area contributed by atoms with Gasteiger partial charge in [-0.15, -0.1) is 0 Å². The van der Waals surface area contributed by atoms with Gasteiger partial charge >= 0.3 is 0 Å². The number of pyridine rings is 1. The van der Waals surface area contributed by atoms with Gasteiger partial charge in [0.05, 0.1) is 30.9 Å². The van der Waals surface area contributed by atoms with Crippen molar-refractivity contribution in [3.05, 3.63) is 34.9 Å². The van der Waals surface area contributed by atoms with E-state index in [9.17, 15) is 4.79 Å². The van der Waals surface area contributed by atoms with Gasteiger partial charge in [-0.05, 0) is 18.2 Å². The smallest absolute Gasteiger partial charge is 0.254 e. The molecule has 0 saturated carbocycles. The largest absolute Gasteiger partial charge is 0.481 e. The van der Waals surface area contributed by atoms with Crippen LogP contribution in [0.3, 0.4) is 0 Å². The Balaban J connectivity index is 1.96. The van der Waals surface area contributed by atoms with E-state index < -0.39 is 0 Å². The first-order chi connectivity index (χ1) is 10.2. The summed E-state index contributed by atoms with van der Waals surface area (Å²) in [6.45, 7) is 2.40. The van der Waals surface area contributed by atoms with Crippen molar-refractivity contribution in [3.8, 4) is 5.88 Å². The van der Waals surface area contributed by atoms with Crippen LogP contribution in [-0.2, 0) is 4.74 Å². The van der Waals surface area contributed by atoms with Gasteiger partial charge in [-0.25, -0.2) is 4.98 Å². The lowest BCUT2D eigenvalue weighted by atomic mass is 10.1. The van der Waals surface area contributed by atoms with E-state index in [1.54, 1.807) is 36.3 Å². The number of carbonyl (C=O) groups excluding carboxylic acids is 1. The summed E-state index contributed by atoms with van der Waals surface area (Å²) in [5.41, 5.74) is 1.32. The number of aromatic nitrogens is 1. The zero-order chi connectivity index (χ0) is 14.8. The number of benzene rings is 1. The second-order valence-corrected chi connectivity index (χ2v) is 5.19. The van der Waals surface area contributed by atoms with Crippen LogP contribution in [0.2, 0.25) is 5.02 Å². The molecule has 1 aliphatic rings. The molecule has 3 rings (SSSR count). The minimum Gasteiger partial charge on any atom is -0.481 e. The highest BCUT2D eigenvalue weighted by molar-refractivity contribution is 6.35. The molecule has 1 amide bonds. The number of amides is 1. The van der Waals surface area contributed by atoms with Crippen molar-refractivity contribution in [1.82, 2.24) is 9.88 Å². The van der Waals surface area contributed by atoms with Gasteiger partial charge < -0.3 is 14.4 Å². The average molecular weight is 307 g/mol. The highest BCUT2D eigenvalue weighted by Gasteiger charge is 2.19. The van der Waals surface area contributed by atoms with E-state index in [0.29, 0.717) is 48.3 Å². The fraction of sp³-hybridized carbons (Fsp3) is 0.333. The van der Waals surface area contributed by atoms with Crippen molar-refractivity contribution < 1.29 is 14.3 Å². The molecule has 1 aromatic heterocycles. The quantitative estimate of drug-likeness (QED) is 0.855. The summed E-state index contributed by atoms with van der Waals surface area (Å²) in [5, 5.41) is 1.27. The molecule has 6 heteroatoms. The number of rotatable bonds is 2. The van der Waals surface area contributed by atoms with Crippen LogP contribution < -0.4 is 4.74 Å². The minimum absolute atomic E-state index is 0.00733. The van der Waals surface area contributed by atoms with Gasteiger partial charge in [0.1, 0.15) is 0 Å². The molecular formula is C15H15ClN2O3. The summed E-state index contributed by atoms with van der Waals surface area (Å²) in [6.07, 6.45) is 0. The average Bonchev–Trinajstić information content (AvgIpc) is 2.54. The number of morpholine rings is 1. The lowest BCUT2D eigenvalue weighted by molar-refractivity contribution is 0.0303. The molecule has 1 aromatic carbocycles. The highest BCUT2D eigenvalue weighted by Crippen LogP contribution is 2.27. The van der Waals surface area contributed by atoms with Crippen LogP contribution >= 0.6 is 11.6 Å². The van der Waals surface area contributed by atoms with Crippen LogP contribution in [0.1, 0.15) is 10.4 Å². The Morgan fingerprint density at radius 1 is 1.33 bits per heavy atom. The van der Waals surface area contributed by atoms with Gasteiger partial charge in [0.2, 0.25) is 5.88 Å². The first-order valence-electron chi connectivity index (χ1n) is 6.70. The summed E-state index contributed by atoms with van der Waals surface area (Å²) in [5.74, 6) is 0.451. The number of ether oxygens (including phenoxy) is 2. The molecule has 2 heterocycles. The summed E-state index contributed by atoms with van der Waals surface area (Å²) in [6, 6.07) is 6.98. The Morgan fingerprint density at radius 3 is 2.81 bits per heavy atom. The zero-order valence-electron chi connectivity index (χ0n) is 11.6. The topological polar surface area (TPSA) is 51.7 Å². The Morgan fingerprint density at radius 2 is 2.10 bits per heavy atom. The van der Waals surface area contributed by atoms with Crippen LogP contribution in [0.25, 0.3) is 10.9 Å². The molecule has 0 spiro atoms. The number of methoxy groups -OCH3 is 1. The third-order valence-corrected chi connectivity index (χ3v) is 3.80. The van der Waals surface area contributed by atoms with Crippen LogP contribution in [0.5, 0.6) is 5.88 Å². The van der Waals surface area contributed by atoms with E-state index in [2.05, 4.69) is 4.98 Å². The maximum Gasteiger partial charge on any atom is 0.254 e. The minimum atomic E-state index is -0.00733. The summed E-state index contributed by atoms with van der Waals surface area (Å²) in [4.78, 5) is 18.6. The summed E-state index contributed by atoms with van der Waals surface area (Å²) >= 11 is 6.24. The fourth-order valence-corrected chi connectivity index (χ4v) is 2.59. The van der Waals surface area contributed by atoms with E-state index in [1.807, 2.05) is 0 Å². The molecule has 0 N–H and O–H groups in total. The first-order valence-corrected chi connectivity index (χ1v) is 7.08. The Labute approximate surface area is 127 Å². The van der Waals surface area contributed by atoms with Crippen molar-refractivity contribution in [3.63, 3.8) is 0 Å². The number of fused-ring (bicyclic) bond motifs is 1. The molecule has 1 fully saturated rings. The molecule has 110 valence electrons. The second kappa shape index (κ2) is 5.87. The molecule has 21 heavy (non-hydrogen) atoms. The van der Waals surface area contributed by atoms with Crippen LogP contribution in [0.15, 0.2) is 24.3 Å². The van der Waals surface area contributed by atoms with Crippen molar-refractivity contribution in [2.75, 3.05) is 33.4 Å². The first kappa shape index (κ1) is 14.1. The van der Waals surface area contributed by atoms with Gasteiger partial charge in [-0.3, -0.25) is 4.79 Å². The summed E-state index contributed by atoms with van der Waals surface area (Å²) in [7, 11) is 1.54. The molecule has 0 radical (unpaired) electrons. The summed E-state index contributed by atoms with van der Waals surface area (Å²) < 4.78 is 10.4. The Kier molecular flexibility index (Phi) is 3.94. The van der Waals surface area contributed by atoms with Crippen molar-refractivity contribution in [2.24, 2.45) is 0 Å². The number of hydrogen-bond donors (Lipinski definition) is 0. The molecule has 0 unspecified atom stereocenters. The predicted octanol–water partition coefficient (Wildman–Crippen LogP) is 2.37. The van der Waals surface area contributed by atoms with Gasteiger partial charge in [-0.2, -0.15) is 0 Å². The van der Waals surface area contributed by atoms with Gasteiger partial charge in [-0.1, -0.05) is 11.6 Å². The maximum absolute atomic E-state index is 12.5. The van der Waals surface area contributed by atoms with Gasteiger partial charge in [0, 0.05) is 30.1 Å². The molecule has 0 atom stereocenters. The standard InChI is InChI=1S/C15H15ClN2O3/c1-20-14-9-12(16)11-8-10(2-3-13(11)17-14)15(19)18-4-6-21-7-5-18/h2-3,8-9H,4-7H2,1H3. The predicted molar refractivity (Wildman–Crippen MR) is 80.0 cm³/mol. The van der Waals surface area contributed by atoms with Crippen molar-refractivity contribution >= 4 is 28.4 Å². The van der Waals surface area contributed by atoms with E-state index in [0.717, 1.165) is 5.39 Å². The number of hydrogen-bond acceptors (Lipinski definition) is 4. The number of halogens is 1. The second-order valence-electron chi connectivity index (χ2n) is 4.78. The van der Waals surface area contributed by atoms with Gasteiger partial charge in [0.15, 0.2) is 0 Å². The molecule has 0 aliphatic carbocycles. The molecule has 1 saturated heterocycles. The van der Waals surface area contributed by atoms with E-state index in [1.165, 1.54) is 0 Å². The lowest BCUT2D eigenvalue weighted by Gasteiger charge is -2.27. The third kappa shape index (κ3) is 2.80. The molecular weight excluding hydrogens is 292 g/mol. The SMILES string of the molecule is COc1cc(Cl)c2cc(C(=O)N3CCOCC3)ccc2n1. The van der Waals surface area contributed by atoms with Crippen molar-refractivity contribution in [1.29, 1.82) is 0 Å². The van der Waals surface area contributed by atoms with Crippen LogP contribution in [-0.4, -0.2) is 49.2 Å². The lowest BCUT2D eigenvalue weighted by Crippen LogP contribution is -2.40. The van der Waals surface area contributed by atoms with E-state index in [-0.39, 0.29) is 5.91 Å². The molecule has 2 aromatic rings. The Hall–Kier alpha value is -1.85. The molecule has 0 bridgehead atoms. The van der Waals surface area contributed by atoms with Crippen molar-refractivity contribution in [2.45, 2.75) is 0 Å². The fourth-order valence-electron chi connectivity index (χ4n) is 2.35. The maximum atomic E-state index is 12.5. The number of carbonyl (C=O) groups is 1. The van der Waals surface area contributed by atoms with E-state index in [4.69, 9.17) is 21.1 Å². The van der Waals surface area contributed by atoms with E-state index >= 15 is 0 Å². The Bertz CT molecular complexity index is 684. The van der Waals surface area contributed by atoms with Crippen LogP contribution in [0, 0.1) is 0 Å².